The van der Waals surface area contributed by atoms with Crippen molar-refractivity contribution in [1.29, 1.82) is 0 Å². The third kappa shape index (κ3) is 3.58. The van der Waals surface area contributed by atoms with Gasteiger partial charge in [-0.15, -0.1) is 0 Å². The van der Waals surface area contributed by atoms with Gasteiger partial charge in [-0.25, -0.2) is 4.98 Å². The molecule has 2 heterocycles. The quantitative estimate of drug-likeness (QED) is 0.807. The van der Waals surface area contributed by atoms with E-state index in [0.717, 1.165) is 11.3 Å². The van der Waals surface area contributed by atoms with E-state index >= 15 is 0 Å². The highest BCUT2D eigenvalue weighted by atomic mass is 32.1. The SMILES string of the molecule is Cc1nc(NC(=O)[C@@H]2C(=O)NC[C@@H]2C(C)(C)C)sc1C(=O)N(C)C. The third-order valence-electron chi connectivity index (χ3n) is 4.20. The summed E-state index contributed by atoms with van der Waals surface area (Å²) in [7, 11) is 3.33. The minimum Gasteiger partial charge on any atom is -0.355 e. The van der Waals surface area contributed by atoms with Gasteiger partial charge in [-0.1, -0.05) is 32.1 Å². The van der Waals surface area contributed by atoms with Crippen molar-refractivity contribution in [2.75, 3.05) is 26.0 Å². The molecule has 3 amide bonds. The highest BCUT2D eigenvalue weighted by Gasteiger charge is 2.45. The maximum absolute atomic E-state index is 12.6. The van der Waals surface area contributed by atoms with Crippen molar-refractivity contribution in [2.24, 2.45) is 17.3 Å². The molecule has 1 saturated heterocycles. The van der Waals surface area contributed by atoms with Gasteiger partial charge in [0.25, 0.3) is 5.91 Å². The van der Waals surface area contributed by atoms with Crippen molar-refractivity contribution < 1.29 is 14.4 Å². The summed E-state index contributed by atoms with van der Waals surface area (Å²) in [4.78, 5) is 43.0. The van der Waals surface area contributed by atoms with Gasteiger partial charge in [-0.05, 0) is 12.3 Å². The Morgan fingerprint density at radius 2 is 1.96 bits per heavy atom. The van der Waals surface area contributed by atoms with Crippen molar-refractivity contribution in [3.8, 4) is 0 Å². The lowest BCUT2D eigenvalue weighted by atomic mass is 9.74. The molecule has 0 aromatic carbocycles. The van der Waals surface area contributed by atoms with Crippen LogP contribution in [-0.2, 0) is 9.59 Å². The third-order valence-corrected chi connectivity index (χ3v) is 5.26. The molecule has 2 atom stereocenters. The summed E-state index contributed by atoms with van der Waals surface area (Å²) in [6, 6.07) is 0. The summed E-state index contributed by atoms with van der Waals surface area (Å²) >= 11 is 1.13. The van der Waals surface area contributed by atoms with Crippen LogP contribution in [0, 0.1) is 24.2 Å². The van der Waals surface area contributed by atoms with Crippen LogP contribution in [0.15, 0.2) is 0 Å². The maximum Gasteiger partial charge on any atom is 0.265 e. The maximum atomic E-state index is 12.6. The number of carbonyl (C=O) groups excluding carboxylic acids is 3. The van der Waals surface area contributed by atoms with Crippen LogP contribution in [0.2, 0.25) is 0 Å². The van der Waals surface area contributed by atoms with Crippen molar-refractivity contribution >= 4 is 34.2 Å². The number of nitrogens with one attached hydrogen (secondary N) is 2. The summed E-state index contributed by atoms with van der Waals surface area (Å²) in [5.41, 5.74) is 0.392. The smallest absolute Gasteiger partial charge is 0.265 e. The first-order chi connectivity index (χ1) is 11.0. The summed E-state index contributed by atoms with van der Waals surface area (Å²) in [6.07, 6.45) is 0. The van der Waals surface area contributed by atoms with Crippen molar-refractivity contribution in [2.45, 2.75) is 27.7 Å². The lowest BCUT2D eigenvalue weighted by molar-refractivity contribution is -0.132. The molecule has 0 radical (unpaired) electrons. The monoisotopic (exact) mass is 352 g/mol. The second-order valence-electron chi connectivity index (χ2n) is 7.32. The van der Waals surface area contributed by atoms with Gasteiger partial charge in [0.1, 0.15) is 10.8 Å². The fraction of sp³-hybridized carbons (Fsp3) is 0.625. The van der Waals surface area contributed by atoms with E-state index in [1.165, 1.54) is 4.90 Å². The number of aryl methyl sites for hydroxylation is 1. The summed E-state index contributed by atoms with van der Waals surface area (Å²) in [5, 5.41) is 5.82. The number of carbonyl (C=O) groups is 3. The number of amides is 3. The number of nitrogens with zero attached hydrogens (tertiary/aromatic N) is 2. The molecular formula is C16H24N4O3S. The zero-order chi connectivity index (χ0) is 18.2. The number of anilines is 1. The van der Waals surface area contributed by atoms with Gasteiger partial charge in [0, 0.05) is 26.6 Å². The molecule has 1 aliphatic rings. The predicted molar refractivity (Wildman–Crippen MR) is 92.9 cm³/mol. The second-order valence-corrected chi connectivity index (χ2v) is 8.32. The van der Waals surface area contributed by atoms with Crippen molar-refractivity contribution in [3.63, 3.8) is 0 Å². The first-order valence-electron chi connectivity index (χ1n) is 7.80. The van der Waals surface area contributed by atoms with E-state index in [1.807, 2.05) is 20.8 Å². The van der Waals surface area contributed by atoms with Gasteiger partial charge in [0.05, 0.1) is 5.69 Å². The number of thiazole rings is 1. The summed E-state index contributed by atoms with van der Waals surface area (Å²) < 4.78 is 0. The van der Waals surface area contributed by atoms with Crippen LogP contribution in [0.1, 0.15) is 36.1 Å². The molecule has 0 bridgehead atoms. The molecular weight excluding hydrogens is 328 g/mol. The second kappa shape index (κ2) is 6.51. The van der Waals surface area contributed by atoms with Gasteiger partial charge in [-0.2, -0.15) is 0 Å². The number of hydrogen-bond acceptors (Lipinski definition) is 5. The average Bonchev–Trinajstić information content (AvgIpc) is 3.00. The van der Waals surface area contributed by atoms with E-state index in [2.05, 4.69) is 15.6 Å². The Balaban J connectivity index is 2.19. The largest absolute Gasteiger partial charge is 0.355 e. The molecule has 1 fully saturated rings. The number of rotatable bonds is 3. The van der Waals surface area contributed by atoms with Gasteiger partial charge in [0.2, 0.25) is 11.8 Å². The van der Waals surface area contributed by atoms with Gasteiger partial charge in [-0.3, -0.25) is 14.4 Å². The molecule has 132 valence electrons. The van der Waals surface area contributed by atoms with E-state index in [9.17, 15) is 14.4 Å². The highest BCUT2D eigenvalue weighted by Crippen LogP contribution is 2.36. The van der Waals surface area contributed by atoms with E-state index in [4.69, 9.17) is 0 Å². The molecule has 1 aliphatic heterocycles. The molecule has 7 nitrogen and oxygen atoms in total. The Kier molecular flexibility index (Phi) is 4.98. The molecule has 24 heavy (non-hydrogen) atoms. The number of hydrogen-bond donors (Lipinski definition) is 2. The Bertz CT molecular complexity index is 675. The van der Waals surface area contributed by atoms with Crippen molar-refractivity contribution in [1.82, 2.24) is 15.2 Å². The fourth-order valence-corrected chi connectivity index (χ4v) is 3.75. The van der Waals surface area contributed by atoms with Crippen LogP contribution < -0.4 is 10.6 Å². The first-order valence-corrected chi connectivity index (χ1v) is 8.61. The van der Waals surface area contributed by atoms with E-state index in [1.54, 1.807) is 21.0 Å². The standard InChI is InChI=1S/C16H24N4O3S/c1-8-11(14(23)20(5)6)24-15(18-8)19-13(22)10-9(16(2,3)4)7-17-12(10)21/h9-10H,7H2,1-6H3,(H,17,21)(H,18,19,22)/t9-,10-/m0/s1. The Hall–Kier alpha value is -1.96. The number of aromatic nitrogens is 1. The lowest BCUT2D eigenvalue weighted by Crippen LogP contribution is -2.37. The van der Waals surface area contributed by atoms with Crippen LogP contribution >= 0.6 is 11.3 Å². The topological polar surface area (TPSA) is 91.4 Å². The van der Waals surface area contributed by atoms with Gasteiger partial charge >= 0.3 is 0 Å². The van der Waals surface area contributed by atoms with Crippen LogP contribution in [0.5, 0.6) is 0 Å². The van der Waals surface area contributed by atoms with Crippen molar-refractivity contribution in [3.05, 3.63) is 10.6 Å². The highest BCUT2D eigenvalue weighted by molar-refractivity contribution is 7.17. The molecule has 0 spiro atoms. The average molecular weight is 352 g/mol. The van der Waals surface area contributed by atoms with E-state index in [0.29, 0.717) is 22.2 Å². The van der Waals surface area contributed by atoms with Crippen LogP contribution in [0.3, 0.4) is 0 Å². The molecule has 1 aromatic rings. The molecule has 2 N–H and O–H groups in total. The molecule has 0 aliphatic carbocycles. The summed E-state index contributed by atoms with van der Waals surface area (Å²) in [5.74, 6) is -1.62. The molecule has 8 heteroatoms. The zero-order valence-electron chi connectivity index (χ0n) is 14.9. The Morgan fingerprint density at radius 3 is 2.50 bits per heavy atom. The summed E-state index contributed by atoms with van der Waals surface area (Å²) in [6.45, 7) is 8.25. The van der Waals surface area contributed by atoms with Crippen LogP contribution in [-0.4, -0.2) is 48.2 Å². The van der Waals surface area contributed by atoms with Gasteiger partial charge in [0.15, 0.2) is 5.13 Å². The predicted octanol–water partition coefficient (Wildman–Crippen LogP) is 1.50. The van der Waals surface area contributed by atoms with Crippen LogP contribution in [0.4, 0.5) is 5.13 Å². The first kappa shape index (κ1) is 18.4. The Morgan fingerprint density at radius 1 is 1.33 bits per heavy atom. The minimum absolute atomic E-state index is 0.0889. The minimum atomic E-state index is -0.748. The van der Waals surface area contributed by atoms with E-state index < -0.39 is 5.92 Å². The molecule has 2 rings (SSSR count). The fourth-order valence-electron chi connectivity index (χ4n) is 2.76. The molecule has 0 saturated carbocycles. The Labute approximate surface area is 145 Å². The lowest BCUT2D eigenvalue weighted by Gasteiger charge is -2.29. The van der Waals surface area contributed by atoms with E-state index in [-0.39, 0.29) is 29.1 Å². The zero-order valence-corrected chi connectivity index (χ0v) is 15.7. The molecule has 0 unspecified atom stereocenters. The van der Waals surface area contributed by atoms with Gasteiger partial charge < -0.3 is 15.5 Å². The molecule has 1 aromatic heterocycles. The normalized spacial score (nSPS) is 20.7. The van der Waals surface area contributed by atoms with Crippen LogP contribution in [0.25, 0.3) is 0 Å².